The first-order valence-electron chi connectivity index (χ1n) is 13.9. The highest BCUT2D eigenvalue weighted by Gasteiger charge is 2.25. The van der Waals surface area contributed by atoms with Gasteiger partial charge in [0.15, 0.2) is 11.5 Å². The zero-order valence-electron chi connectivity index (χ0n) is 23.1. The van der Waals surface area contributed by atoms with E-state index in [0.29, 0.717) is 57.5 Å². The summed E-state index contributed by atoms with van der Waals surface area (Å²) in [7, 11) is 0. The Hall–Kier alpha value is -3.35. The molecule has 5 rings (SSSR count). The lowest BCUT2D eigenvalue weighted by Crippen LogP contribution is -2.28. The van der Waals surface area contributed by atoms with E-state index in [0.717, 1.165) is 44.7 Å². The van der Waals surface area contributed by atoms with Crippen LogP contribution in [0.3, 0.4) is 0 Å². The maximum Gasteiger partial charge on any atom is 0.264 e. The third kappa shape index (κ3) is 7.43. The van der Waals surface area contributed by atoms with Gasteiger partial charge in [0.05, 0.1) is 25.5 Å². The van der Waals surface area contributed by atoms with Crippen molar-refractivity contribution in [2.24, 2.45) is 4.99 Å². The minimum atomic E-state index is -0.496. The standard InChI is InChI=1S/C30H31N2O6.CH3.Al.H/c1-3-29(33)31-12-13-34-14-15-35-19-30-37-27-11-9-23(17-28(27)38-30)21-5-7-22(8-6-21)25-18-36-26-10-4-20(2)16-24(26)32-25;;;/h4-11,16-17,30H,1,3,12-15,18-19H2,2H3,(H,31,33);1H3;;. The fourth-order valence-electron chi connectivity index (χ4n) is 4.50. The largest absolute Gasteiger partial charge is 0.485 e. The average molecular weight is 559 g/mol. The van der Waals surface area contributed by atoms with E-state index in [1.54, 1.807) is 0 Å². The average Bonchev–Trinajstić information content (AvgIpc) is 3.39. The number of rotatable bonds is 13. The number of hydrogen-bond donors (Lipinski definition) is 1. The van der Waals surface area contributed by atoms with Crippen molar-refractivity contribution in [3.8, 4) is 28.4 Å². The Kier molecular flexibility index (Phi) is 9.74. The van der Waals surface area contributed by atoms with Gasteiger partial charge in [-0.2, -0.15) is 0 Å². The SMILES string of the molecule is [CH3][AlH][CH2]CC(=O)NCCOCCOCC1Oc2ccc(-c3ccc(C4=Nc5cc(C)ccc5OC4)cc3)cc2O1. The molecule has 0 bridgehead atoms. The summed E-state index contributed by atoms with van der Waals surface area (Å²) in [6.45, 7) is 4.67. The van der Waals surface area contributed by atoms with E-state index in [1.807, 2.05) is 36.4 Å². The molecule has 40 heavy (non-hydrogen) atoms. The van der Waals surface area contributed by atoms with Gasteiger partial charge in [0, 0.05) is 13.0 Å². The van der Waals surface area contributed by atoms with Crippen molar-refractivity contribution in [1.82, 2.24) is 5.32 Å². The second kappa shape index (κ2) is 13.8. The zero-order valence-corrected chi connectivity index (χ0v) is 24.5. The van der Waals surface area contributed by atoms with Gasteiger partial charge in [-0.05, 0) is 53.4 Å². The lowest BCUT2D eigenvalue weighted by Gasteiger charge is -2.17. The van der Waals surface area contributed by atoms with Crippen molar-refractivity contribution in [3.05, 3.63) is 71.8 Å². The third-order valence-corrected chi connectivity index (χ3v) is 7.76. The van der Waals surface area contributed by atoms with Crippen molar-refractivity contribution < 1.29 is 28.5 Å². The van der Waals surface area contributed by atoms with Crippen molar-refractivity contribution in [2.75, 3.05) is 39.6 Å². The highest BCUT2D eigenvalue weighted by Crippen LogP contribution is 2.38. The quantitative estimate of drug-likeness (QED) is 0.242. The summed E-state index contributed by atoms with van der Waals surface area (Å²) in [4.78, 5) is 16.4. The molecule has 0 radical (unpaired) electrons. The number of aliphatic imine (C=N–C) groups is 1. The topological polar surface area (TPSA) is 87.6 Å². The molecule has 0 saturated carbocycles. The van der Waals surface area contributed by atoms with E-state index >= 15 is 0 Å². The fraction of sp³-hybridized carbons (Fsp3) is 0.355. The number of aryl methyl sites for hydroxylation is 1. The van der Waals surface area contributed by atoms with Gasteiger partial charge in [0.2, 0.25) is 21.1 Å². The monoisotopic (exact) mass is 558 g/mol. The van der Waals surface area contributed by atoms with Crippen LogP contribution in [0, 0.1) is 6.92 Å². The lowest BCUT2D eigenvalue weighted by molar-refractivity contribution is -0.121. The number of ether oxygens (including phenoxy) is 5. The maximum atomic E-state index is 11.6. The molecule has 0 aromatic heterocycles. The van der Waals surface area contributed by atoms with Crippen LogP contribution in [0.2, 0.25) is 11.1 Å². The maximum absolute atomic E-state index is 11.6. The fourth-order valence-corrected chi connectivity index (χ4v) is 5.18. The number of nitrogens with one attached hydrogen (secondary N) is 1. The molecule has 2 heterocycles. The van der Waals surface area contributed by atoms with Crippen LogP contribution in [0.4, 0.5) is 5.69 Å². The van der Waals surface area contributed by atoms with Gasteiger partial charge in [-0.25, -0.2) is 4.99 Å². The van der Waals surface area contributed by atoms with Gasteiger partial charge in [-0.1, -0.05) is 41.7 Å². The summed E-state index contributed by atoms with van der Waals surface area (Å²) < 4.78 is 28.9. The van der Waals surface area contributed by atoms with Gasteiger partial charge in [0.1, 0.15) is 24.7 Å². The van der Waals surface area contributed by atoms with E-state index in [2.05, 4.69) is 42.3 Å². The second-order valence-electron chi connectivity index (χ2n) is 9.86. The number of benzene rings is 3. The van der Waals surface area contributed by atoms with Crippen LogP contribution in [0.1, 0.15) is 17.5 Å². The summed E-state index contributed by atoms with van der Waals surface area (Å²) in [5.74, 6) is 4.54. The Morgan fingerprint density at radius 2 is 1.68 bits per heavy atom. The van der Waals surface area contributed by atoms with Crippen molar-refractivity contribution >= 4 is 32.5 Å². The van der Waals surface area contributed by atoms with Gasteiger partial charge >= 0.3 is 0 Å². The molecule has 0 aliphatic carbocycles. The highest BCUT2D eigenvalue weighted by molar-refractivity contribution is 6.33. The first kappa shape index (κ1) is 28.2. The van der Waals surface area contributed by atoms with Crippen molar-refractivity contribution in [3.63, 3.8) is 0 Å². The summed E-state index contributed by atoms with van der Waals surface area (Å²) in [5, 5.41) is 3.92. The predicted molar refractivity (Wildman–Crippen MR) is 157 cm³/mol. The summed E-state index contributed by atoms with van der Waals surface area (Å²) in [6.07, 6.45) is 0.134. The van der Waals surface area contributed by atoms with Crippen LogP contribution in [0.15, 0.2) is 65.7 Å². The Labute approximate surface area is 241 Å². The predicted octanol–water partition coefficient (Wildman–Crippen LogP) is 4.71. The zero-order chi connectivity index (χ0) is 27.7. The first-order chi connectivity index (χ1) is 19.6. The molecule has 2 aliphatic rings. The van der Waals surface area contributed by atoms with E-state index in [4.69, 9.17) is 28.7 Å². The molecular weight excluding hydrogens is 523 g/mol. The van der Waals surface area contributed by atoms with Crippen molar-refractivity contribution in [2.45, 2.75) is 30.7 Å². The van der Waals surface area contributed by atoms with Crippen LogP contribution in [0.25, 0.3) is 11.1 Å². The molecule has 3 aromatic rings. The molecule has 0 saturated heterocycles. The molecule has 1 unspecified atom stereocenters. The van der Waals surface area contributed by atoms with E-state index in [-0.39, 0.29) is 21.1 Å². The summed E-state index contributed by atoms with van der Waals surface area (Å²) in [6, 6.07) is 20.3. The number of amides is 1. The molecule has 1 amide bonds. The molecule has 1 atom stereocenters. The van der Waals surface area contributed by atoms with Crippen LogP contribution < -0.4 is 19.5 Å². The Morgan fingerprint density at radius 3 is 2.52 bits per heavy atom. The molecule has 3 aromatic carbocycles. The lowest BCUT2D eigenvalue weighted by atomic mass is 10.0. The van der Waals surface area contributed by atoms with Gasteiger partial charge in [-0.15, -0.1) is 5.79 Å². The number of carbonyl (C=O) groups excluding carboxylic acids is 1. The normalized spacial score (nSPS) is 15.2. The van der Waals surface area contributed by atoms with Crippen molar-refractivity contribution in [1.29, 1.82) is 0 Å². The molecule has 2 aliphatic heterocycles. The molecule has 0 fully saturated rings. The molecule has 9 heteroatoms. The number of hydrogen-bond acceptors (Lipinski definition) is 7. The van der Waals surface area contributed by atoms with Crippen LogP contribution in [-0.2, 0) is 14.3 Å². The van der Waals surface area contributed by atoms with E-state index < -0.39 is 6.29 Å². The molecule has 1 N–H and O–H groups in total. The number of fused-ring (bicyclic) bond motifs is 2. The number of nitrogens with zero attached hydrogens (tertiary/aromatic N) is 1. The van der Waals surface area contributed by atoms with Crippen LogP contribution >= 0.6 is 0 Å². The Morgan fingerprint density at radius 1 is 0.925 bits per heavy atom. The van der Waals surface area contributed by atoms with Gasteiger partial charge in [0.25, 0.3) is 6.29 Å². The minimum Gasteiger partial charge on any atom is -0.485 e. The molecule has 208 valence electrons. The number of carbonyl (C=O) groups is 1. The minimum absolute atomic E-state index is 0.0584. The van der Waals surface area contributed by atoms with Gasteiger partial charge in [-0.3, -0.25) is 4.79 Å². The van der Waals surface area contributed by atoms with Crippen LogP contribution in [0.5, 0.6) is 17.2 Å². The molecule has 8 nitrogen and oxygen atoms in total. The Bertz CT molecular complexity index is 1340. The van der Waals surface area contributed by atoms with Gasteiger partial charge < -0.3 is 29.0 Å². The smallest absolute Gasteiger partial charge is 0.264 e. The third-order valence-electron chi connectivity index (χ3n) is 6.70. The van der Waals surface area contributed by atoms with Crippen LogP contribution in [-0.4, -0.2) is 72.7 Å². The summed E-state index contributed by atoms with van der Waals surface area (Å²) in [5.41, 5.74) is 6.09. The molecule has 0 spiro atoms. The Balaban J connectivity index is 1.06. The molecular formula is C31H35AlN2O6. The highest BCUT2D eigenvalue weighted by atomic mass is 27.1. The summed E-state index contributed by atoms with van der Waals surface area (Å²) >= 11 is -0.0584. The first-order valence-corrected chi connectivity index (χ1v) is 16.3. The van der Waals surface area contributed by atoms with E-state index in [9.17, 15) is 4.79 Å². The second-order valence-corrected chi connectivity index (χ2v) is 11.6. The van der Waals surface area contributed by atoms with E-state index in [1.165, 1.54) is 0 Å².